The fourth-order valence-corrected chi connectivity index (χ4v) is 3.11. The van der Waals surface area contributed by atoms with Gasteiger partial charge in [0.05, 0.1) is 5.56 Å². The Hall–Kier alpha value is -1.18. The Bertz CT molecular complexity index is 539. The molecule has 2 N–H and O–H groups in total. The van der Waals surface area contributed by atoms with Gasteiger partial charge >= 0.3 is 6.18 Å². The predicted molar refractivity (Wildman–Crippen MR) is 79.5 cm³/mol. The van der Waals surface area contributed by atoms with E-state index in [2.05, 4.69) is 5.32 Å². The summed E-state index contributed by atoms with van der Waals surface area (Å²) >= 11 is 0. The van der Waals surface area contributed by atoms with Crippen molar-refractivity contribution < 1.29 is 22.7 Å². The molecule has 1 aromatic rings. The van der Waals surface area contributed by atoms with Crippen LogP contribution in [-0.4, -0.2) is 42.8 Å². The molecular weight excluding hydrogens is 312 g/mol. The molecule has 1 aromatic carbocycles. The molecule has 0 spiro atoms. The van der Waals surface area contributed by atoms with Crippen molar-refractivity contribution in [3.63, 3.8) is 0 Å². The first kappa shape index (κ1) is 18.2. The van der Waals surface area contributed by atoms with Crippen molar-refractivity contribution in [3.8, 4) is 0 Å². The Morgan fingerprint density at radius 2 is 1.83 bits per heavy atom. The molecule has 1 atom stereocenters. The van der Waals surface area contributed by atoms with Crippen LogP contribution in [0.25, 0.3) is 0 Å². The molecule has 1 fully saturated rings. The quantitative estimate of drug-likeness (QED) is 0.831. The molecular formula is C16H22F4N2O. The van der Waals surface area contributed by atoms with Gasteiger partial charge in [0, 0.05) is 44.2 Å². The summed E-state index contributed by atoms with van der Waals surface area (Å²) in [5, 5.41) is 12.9. The molecule has 0 aliphatic carbocycles. The van der Waals surface area contributed by atoms with E-state index < -0.39 is 29.0 Å². The summed E-state index contributed by atoms with van der Waals surface area (Å²) in [6.45, 7) is 6.20. The lowest BCUT2D eigenvalue weighted by Crippen LogP contribution is -2.49. The Labute approximate surface area is 133 Å². The van der Waals surface area contributed by atoms with Crippen LogP contribution in [0, 0.1) is 11.2 Å². The second-order valence-electron chi connectivity index (χ2n) is 6.57. The largest absolute Gasteiger partial charge is 0.419 e. The minimum atomic E-state index is -4.74. The molecule has 130 valence electrons. The fourth-order valence-electron chi connectivity index (χ4n) is 3.11. The highest BCUT2D eigenvalue weighted by molar-refractivity contribution is 5.31. The topological polar surface area (TPSA) is 35.5 Å². The van der Waals surface area contributed by atoms with Crippen LogP contribution in [0.5, 0.6) is 0 Å². The second-order valence-corrected chi connectivity index (χ2v) is 6.57. The molecule has 0 saturated carbocycles. The van der Waals surface area contributed by atoms with Gasteiger partial charge in [0.2, 0.25) is 0 Å². The third-order valence-electron chi connectivity index (χ3n) is 4.28. The van der Waals surface area contributed by atoms with Crippen molar-refractivity contribution in [1.82, 2.24) is 10.2 Å². The van der Waals surface area contributed by atoms with Gasteiger partial charge in [-0.1, -0.05) is 19.9 Å². The Kier molecular flexibility index (Phi) is 5.33. The molecule has 1 aliphatic heterocycles. The van der Waals surface area contributed by atoms with Gasteiger partial charge in [0.25, 0.3) is 0 Å². The van der Waals surface area contributed by atoms with Crippen LogP contribution in [0.2, 0.25) is 0 Å². The van der Waals surface area contributed by atoms with Crippen LogP contribution < -0.4 is 5.32 Å². The SMILES string of the molecule is CC(C)(CO)[C@H](c1ccc(F)c(C(F)(F)F)c1)N1CCNCC1. The summed E-state index contributed by atoms with van der Waals surface area (Å²) in [7, 11) is 0. The van der Waals surface area contributed by atoms with Crippen LogP contribution in [-0.2, 0) is 6.18 Å². The summed E-state index contributed by atoms with van der Waals surface area (Å²) in [4.78, 5) is 2.04. The average Bonchev–Trinajstić information content (AvgIpc) is 2.49. The minimum absolute atomic E-state index is 0.180. The lowest BCUT2D eigenvalue weighted by Gasteiger charge is -2.43. The van der Waals surface area contributed by atoms with Gasteiger partial charge in [0.15, 0.2) is 0 Å². The van der Waals surface area contributed by atoms with E-state index >= 15 is 0 Å². The molecule has 23 heavy (non-hydrogen) atoms. The smallest absolute Gasteiger partial charge is 0.396 e. The van der Waals surface area contributed by atoms with E-state index in [1.165, 1.54) is 6.07 Å². The maximum Gasteiger partial charge on any atom is 0.419 e. The van der Waals surface area contributed by atoms with E-state index in [9.17, 15) is 22.7 Å². The van der Waals surface area contributed by atoms with Crippen molar-refractivity contribution in [3.05, 3.63) is 35.1 Å². The molecule has 1 heterocycles. The minimum Gasteiger partial charge on any atom is -0.396 e. The zero-order valence-electron chi connectivity index (χ0n) is 13.3. The summed E-state index contributed by atoms with van der Waals surface area (Å²) in [5.41, 5.74) is -1.54. The first-order valence-electron chi connectivity index (χ1n) is 7.59. The first-order valence-corrected chi connectivity index (χ1v) is 7.59. The number of nitrogens with zero attached hydrogens (tertiary/aromatic N) is 1. The van der Waals surface area contributed by atoms with Gasteiger partial charge in [-0.05, 0) is 17.7 Å². The zero-order valence-corrected chi connectivity index (χ0v) is 13.3. The zero-order chi connectivity index (χ0) is 17.3. The molecule has 1 saturated heterocycles. The molecule has 7 heteroatoms. The number of halogens is 4. The second kappa shape index (κ2) is 6.75. The molecule has 0 aromatic heterocycles. The maximum atomic E-state index is 13.6. The third kappa shape index (κ3) is 4.02. The third-order valence-corrected chi connectivity index (χ3v) is 4.28. The van der Waals surface area contributed by atoms with Crippen molar-refractivity contribution in [2.45, 2.75) is 26.1 Å². The maximum absolute atomic E-state index is 13.6. The van der Waals surface area contributed by atoms with Crippen LogP contribution in [0.4, 0.5) is 17.6 Å². The fraction of sp³-hybridized carbons (Fsp3) is 0.625. The summed E-state index contributed by atoms with van der Waals surface area (Å²) in [6, 6.07) is 2.70. The highest BCUT2D eigenvalue weighted by Crippen LogP contribution is 2.41. The van der Waals surface area contributed by atoms with E-state index in [1.807, 2.05) is 4.90 Å². The molecule has 1 aliphatic rings. The number of benzene rings is 1. The highest BCUT2D eigenvalue weighted by Gasteiger charge is 2.39. The van der Waals surface area contributed by atoms with E-state index in [-0.39, 0.29) is 6.61 Å². The summed E-state index contributed by atoms with van der Waals surface area (Å²) in [5.74, 6) is -1.28. The van der Waals surface area contributed by atoms with Crippen LogP contribution in [0.1, 0.15) is 31.0 Å². The van der Waals surface area contributed by atoms with E-state index in [0.717, 1.165) is 25.2 Å². The molecule has 2 rings (SSSR count). The molecule has 0 amide bonds. The van der Waals surface area contributed by atoms with E-state index in [1.54, 1.807) is 13.8 Å². The lowest BCUT2D eigenvalue weighted by atomic mass is 9.79. The van der Waals surface area contributed by atoms with Gasteiger partial charge in [-0.3, -0.25) is 4.90 Å². The molecule has 0 bridgehead atoms. The van der Waals surface area contributed by atoms with Crippen LogP contribution >= 0.6 is 0 Å². The van der Waals surface area contributed by atoms with Crippen molar-refractivity contribution in [2.24, 2.45) is 5.41 Å². The van der Waals surface area contributed by atoms with Crippen LogP contribution in [0.15, 0.2) is 18.2 Å². The van der Waals surface area contributed by atoms with E-state index in [0.29, 0.717) is 18.7 Å². The number of rotatable bonds is 4. The number of hydrogen-bond acceptors (Lipinski definition) is 3. The summed E-state index contributed by atoms with van der Waals surface area (Å²) < 4.78 is 52.6. The Morgan fingerprint density at radius 1 is 1.22 bits per heavy atom. The first-order chi connectivity index (χ1) is 10.7. The monoisotopic (exact) mass is 334 g/mol. The van der Waals surface area contributed by atoms with Gasteiger partial charge in [-0.2, -0.15) is 13.2 Å². The van der Waals surface area contributed by atoms with Gasteiger partial charge < -0.3 is 10.4 Å². The van der Waals surface area contributed by atoms with Crippen molar-refractivity contribution >= 4 is 0 Å². The normalized spacial score (nSPS) is 18.9. The van der Waals surface area contributed by atoms with Gasteiger partial charge in [-0.25, -0.2) is 4.39 Å². The number of nitrogens with one attached hydrogen (secondary N) is 1. The number of hydrogen-bond donors (Lipinski definition) is 2. The Balaban J connectivity index is 2.47. The van der Waals surface area contributed by atoms with Crippen LogP contribution in [0.3, 0.4) is 0 Å². The predicted octanol–water partition coefficient (Wildman–Crippen LogP) is 2.81. The van der Waals surface area contributed by atoms with Crippen molar-refractivity contribution in [1.29, 1.82) is 0 Å². The lowest BCUT2D eigenvalue weighted by molar-refractivity contribution is -0.140. The number of alkyl halides is 3. The molecule has 3 nitrogen and oxygen atoms in total. The van der Waals surface area contributed by atoms with Gasteiger partial charge in [-0.15, -0.1) is 0 Å². The van der Waals surface area contributed by atoms with E-state index in [4.69, 9.17) is 0 Å². The van der Waals surface area contributed by atoms with Crippen molar-refractivity contribution in [2.75, 3.05) is 32.8 Å². The Morgan fingerprint density at radius 3 is 2.35 bits per heavy atom. The molecule has 0 radical (unpaired) electrons. The molecule has 0 unspecified atom stereocenters. The van der Waals surface area contributed by atoms with Gasteiger partial charge in [0.1, 0.15) is 5.82 Å². The number of piperazine rings is 1. The number of aliphatic hydroxyl groups is 1. The highest BCUT2D eigenvalue weighted by atomic mass is 19.4. The average molecular weight is 334 g/mol. The number of aliphatic hydroxyl groups excluding tert-OH is 1. The standard InChI is InChI=1S/C16H22F4N2O/c1-15(2,10-23)14(22-7-5-21-6-8-22)11-3-4-13(17)12(9-11)16(18,19)20/h3-4,9,14,21,23H,5-8,10H2,1-2H3/t14-/m0/s1. The summed E-state index contributed by atoms with van der Waals surface area (Å²) in [6.07, 6.45) is -4.74.